The number of carbonyl (C=O) groups is 1. The Bertz CT molecular complexity index is 436. The quantitative estimate of drug-likeness (QED) is 0.475. The van der Waals surface area contributed by atoms with E-state index in [0.29, 0.717) is 6.07 Å². The van der Waals surface area contributed by atoms with Crippen molar-refractivity contribution in [3.05, 3.63) is 29.6 Å². The van der Waals surface area contributed by atoms with E-state index in [1.807, 2.05) is 5.32 Å². The first-order chi connectivity index (χ1) is 7.46. The van der Waals surface area contributed by atoms with E-state index in [2.05, 4.69) is 4.98 Å². The molecule has 0 fully saturated rings. The summed E-state index contributed by atoms with van der Waals surface area (Å²) in [7, 11) is 0. The third-order valence-corrected chi connectivity index (χ3v) is 1.70. The van der Waals surface area contributed by atoms with Gasteiger partial charge in [0.2, 0.25) is 0 Å². The van der Waals surface area contributed by atoms with E-state index in [1.165, 1.54) is 0 Å². The topological polar surface area (TPSA) is 65.8 Å². The summed E-state index contributed by atoms with van der Waals surface area (Å²) >= 11 is 0. The molecule has 1 aromatic rings. The zero-order valence-electron chi connectivity index (χ0n) is 7.88. The van der Waals surface area contributed by atoms with Crippen LogP contribution in [0.3, 0.4) is 0 Å². The molecule has 7 heteroatoms. The van der Waals surface area contributed by atoms with Gasteiger partial charge in [0.15, 0.2) is 0 Å². The fourth-order valence-corrected chi connectivity index (χ4v) is 1.04. The molecule has 1 N–H and O–H groups in total. The van der Waals surface area contributed by atoms with Gasteiger partial charge in [-0.2, -0.15) is 18.4 Å². The number of amides is 1. The van der Waals surface area contributed by atoms with Crippen LogP contribution < -0.4 is 5.32 Å². The summed E-state index contributed by atoms with van der Waals surface area (Å²) in [6, 6.07) is 2.30. The Labute approximate surface area is 88.7 Å². The first kappa shape index (κ1) is 12.0. The maximum Gasteiger partial charge on any atom is 0.417 e. The molecule has 0 bridgehead atoms. The van der Waals surface area contributed by atoms with Crippen molar-refractivity contribution in [2.24, 2.45) is 0 Å². The van der Waals surface area contributed by atoms with Crippen LogP contribution >= 0.6 is 0 Å². The Kier molecular flexibility index (Phi) is 3.45. The van der Waals surface area contributed by atoms with Crippen molar-refractivity contribution >= 4 is 5.91 Å². The van der Waals surface area contributed by atoms with E-state index < -0.39 is 23.2 Å². The summed E-state index contributed by atoms with van der Waals surface area (Å²) in [5, 5.41) is 10.2. The minimum atomic E-state index is -4.62. The summed E-state index contributed by atoms with van der Waals surface area (Å²) in [5.41, 5.74) is -1.66. The van der Waals surface area contributed by atoms with E-state index >= 15 is 0 Å². The van der Waals surface area contributed by atoms with Crippen molar-refractivity contribution in [2.75, 3.05) is 6.54 Å². The van der Waals surface area contributed by atoms with Gasteiger partial charge in [-0.3, -0.25) is 9.78 Å². The van der Waals surface area contributed by atoms with Gasteiger partial charge >= 0.3 is 6.18 Å². The van der Waals surface area contributed by atoms with Crippen LogP contribution in [0.4, 0.5) is 13.2 Å². The van der Waals surface area contributed by atoms with Crippen LogP contribution in [-0.2, 0) is 6.18 Å². The van der Waals surface area contributed by atoms with Gasteiger partial charge in [0.25, 0.3) is 5.91 Å². The third-order valence-electron chi connectivity index (χ3n) is 1.70. The first-order valence-corrected chi connectivity index (χ1v) is 4.13. The summed E-state index contributed by atoms with van der Waals surface area (Å²) in [6.07, 6.45) is -2.86. The molecule has 0 spiro atoms. The fraction of sp³-hybridized carbons (Fsp3) is 0.222. The van der Waals surface area contributed by atoms with Crippen molar-refractivity contribution < 1.29 is 18.0 Å². The van der Waals surface area contributed by atoms with Crippen molar-refractivity contribution in [1.82, 2.24) is 10.3 Å². The zero-order valence-corrected chi connectivity index (χ0v) is 7.88. The Morgan fingerprint density at radius 2 is 2.25 bits per heavy atom. The normalized spacial score (nSPS) is 10.6. The van der Waals surface area contributed by atoms with Crippen molar-refractivity contribution in [2.45, 2.75) is 6.18 Å². The summed E-state index contributed by atoms with van der Waals surface area (Å²) in [4.78, 5) is 14.7. The summed E-state index contributed by atoms with van der Waals surface area (Å²) < 4.78 is 37.4. The molecular weight excluding hydrogens is 226 g/mol. The monoisotopic (exact) mass is 232 g/mol. The number of hydrogen-bond donors (Lipinski definition) is 1. The van der Waals surface area contributed by atoms with Crippen LogP contribution in [0.2, 0.25) is 0 Å². The SMILES string of the molecule is N#CC[15NH]C(=[18O])c1cnccc1C(F)(F)F. The average molecular weight is 232 g/mol. The maximum atomic E-state index is 12.5. The second-order valence-electron chi connectivity index (χ2n) is 2.76. The predicted octanol–water partition coefficient (Wildman–Crippen LogP) is 1.35. The molecular formula is C9H6F3N3O. The molecule has 0 saturated heterocycles. The molecule has 1 rings (SSSR count). The molecule has 0 aliphatic carbocycles. The van der Waals surface area contributed by atoms with Gasteiger partial charge in [0, 0.05) is 12.4 Å². The predicted molar refractivity (Wildman–Crippen MR) is 47.2 cm³/mol. The molecule has 1 heterocycles. The highest BCUT2D eigenvalue weighted by molar-refractivity contribution is 5.95. The Morgan fingerprint density at radius 1 is 1.56 bits per heavy atom. The van der Waals surface area contributed by atoms with E-state index in [1.54, 1.807) is 6.07 Å². The van der Waals surface area contributed by atoms with Gasteiger partial charge < -0.3 is 5.32 Å². The second-order valence-corrected chi connectivity index (χ2v) is 2.76. The minimum Gasteiger partial charge on any atom is -0.339 e. The molecule has 0 saturated carbocycles. The van der Waals surface area contributed by atoms with E-state index in [4.69, 9.17) is 5.26 Å². The molecule has 1 aromatic heterocycles. The van der Waals surface area contributed by atoms with Gasteiger partial charge in [0.1, 0.15) is 6.54 Å². The van der Waals surface area contributed by atoms with Crippen LogP contribution in [0.25, 0.3) is 0 Å². The van der Waals surface area contributed by atoms with Gasteiger partial charge in [-0.15, -0.1) is 0 Å². The Morgan fingerprint density at radius 3 is 2.81 bits per heavy atom. The standard InChI is InChI=1S/C9H6F3N3O/c10-9(11,12)7-1-3-14-5-6(7)8(16)15-4-2-13/h1,3,5H,4H2,(H,15,16)/i15+1,16+2. The number of nitrogens with zero attached hydrogens (tertiary/aromatic N) is 2. The molecule has 84 valence electrons. The highest BCUT2D eigenvalue weighted by Crippen LogP contribution is 2.31. The number of halogens is 3. The number of hydrogen-bond acceptors (Lipinski definition) is 3. The molecule has 0 aliphatic heterocycles. The minimum absolute atomic E-state index is 0.356. The van der Waals surface area contributed by atoms with Crippen LogP contribution in [0.1, 0.15) is 15.9 Å². The van der Waals surface area contributed by atoms with E-state index in [9.17, 15) is 18.0 Å². The molecule has 0 unspecified atom stereocenters. The average Bonchev–Trinajstić information content (AvgIpc) is 2.24. The molecule has 1 amide bonds. The van der Waals surface area contributed by atoms with Crippen molar-refractivity contribution in [1.29, 1.82) is 5.26 Å². The number of nitrogens with one attached hydrogen (secondary N) is 1. The molecule has 4 nitrogen and oxygen atoms in total. The number of rotatable bonds is 2. The number of alkyl halides is 3. The largest absolute Gasteiger partial charge is 0.417 e. The third kappa shape index (κ3) is 2.70. The molecule has 0 radical (unpaired) electrons. The van der Waals surface area contributed by atoms with E-state index in [0.717, 1.165) is 12.4 Å². The second kappa shape index (κ2) is 4.61. The van der Waals surface area contributed by atoms with Gasteiger partial charge in [-0.05, 0) is 6.07 Å². The number of aromatic nitrogens is 1. The Balaban J connectivity index is 3.05. The van der Waals surface area contributed by atoms with Crippen LogP contribution in [0, 0.1) is 11.3 Å². The lowest BCUT2D eigenvalue weighted by molar-refractivity contribution is -0.138. The van der Waals surface area contributed by atoms with Crippen LogP contribution in [0.5, 0.6) is 0 Å². The Hall–Kier alpha value is -2.10. The molecule has 0 atom stereocenters. The molecule has 0 aromatic carbocycles. The number of nitriles is 1. The van der Waals surface area contributed by atoms with Gasteiger partial charge in [-0.25, -0.2) is 0 Å². The lowest BCUT2D eigenvalue weighted by Crippen LogP contribution is -2.26. The highest BCUT2D eigenvalue weighted by Gasteiger charge is 2.35. The summed E-state index contributed by atoms with van der Waals surface area (Å²) in [5.74, 6) is -0.970. The number of carbonyl (C=O) groups excluding carboxylic acids is 1. The van der Waals surface area contributed by atoms with Gasteiger partial charge in [-0.1, -0.05) is 0 Å². The molecule has 0 aliphatic rings. The fourth-order valence-electron chi connectivity index (χ4n) is 1.04. The summed E-state index contributed by atoms with van der Waals surface area (Å²) in [6.45, 7) is -0.356. The molecule has 16 heavy (non-hydrogen) atoms. The lowest BCUT2D eigenvalue weighted by atomic mass is 10.1. The first-order valence-electron chi connectivity index (χ1n) is 4.13. The van der Waals surface area contributed by atoms with Crippen molar-refractivity contribution in [3.8, 4) is 6.07 Å². The van der Waals surface area contributed by atoms with E-state index in [-0.39, 0.29) is 6.54 Å². The van der Waals surface area contributed by atoms with Crippen LogP contribution in [-0.4, -0.2) is 17.4 Å². The lowest BCUT2D eigenvalue weighted by Gasteiger charge is -2.10. The number of pyridine rings is 1. The van der Waals surface area contributed by atoms with Crippen LogP contribution in [0.15, 0.2) is 18.5 Å². The van der Waals surface area contributed by atoms with Crippen molar-refractivity contribution in [3.63, 3.8) is 0 Å². The maximum absolute atomic E-state index is 12.5. The van der Waals surface area contributed by atoms with Gasteiger partial charge in [0.05, 0.1) is 17.2 Å². The smallest absolute Gasteiger partial charge is 0.339 e. The highest BCUT2D eigenvalue weighted by atomic mass is 19.4. The zero-order chi connectivity index (χ0) is 12.2.